The number of amides is 2. The third kappa shape index (κ3) is 4.05. The van der Waals surface area contributed by atoms with Gasteiger partial charge in [-0.25, -0.2) is 4.79 Å². The number of urea groups is 1. The van der Waals surface area contributed by atoms with E-state index >= 15 is 0 Å². The highest BCUT2D eigenvalue weighted by Crippen LogP contribution is 2.23. The zero-order valence-electron chi connectivity index (χ0n) is 14.2. The molecule has 1 aromatic rings. The predicted molar refractivity (Wildman–Crippen MR) is 92.9 cm³/mol. The SMILES string of the molecule is C[C@@H]1CN([C@H](C)CNC(=O)N2CCc3sccc3C2)C[C@@H](C)O1. The summed E-state index contributed by atoms with van der Waals surface area (Å²) in [6.45, 7) is 10.5. The van der Waals surface area contributed by atoms with E-state index in [0.717, 1.165) is 32.6 Å². The maximum absolute atomic E-state index is 12.4. The van der Waals surface area contributed by atoms with Gasteiger partial charge in [0, 0.05) is 43.6 Å². The molecule has 3 rings (SSSR count). The molecule has 0 spiro atoms. The van der Waals surface area contributed by atoms with Crippen LogP contribution in [0.25, 0.3) is 0 Å². The van der Waals surface area contributed by atoms with Crippen molar-refractivity contribution in [3.63, 3.8) is 0 Å². The molecule has 1 saturated heterocycles. The van der Waals surface area contributed by atoms with E-state index in [1.165, 1.54) is 10.4 Å². The zero-order valence-corrected chi connectivity index (χ0v) is 15.1. The molecule has 0 aliphatic carbocycles. The molecule has 1 N–H and O–H groups in total. The minimum Gasteiger partial charge on any atom is -0.373 e. The molecule has 3 heterocycles. The topological polar surface area (TPSA) is 44.8 Å². The zero-order chi connectivity index (χ0) is 16.4. The summed E-state index contributed by atoms with van der Waals surface area (Å²) in [7, 11) is 0. The Morgan fingerprint density at radius 2 is 2.17 bits per heavy atom. The Morgan fingerprint density at radius 1 is 1.43 bits per heavy atom. The second kappa shape index (κ2) is 7.20. The highest BCUT2D eigenvalue weighted by Gasteiger charge is 2.27. The van der Waals surface area contributed by atoms with Gasteiger partial charge in [-0.1, -0.05) is 0 Å². The lowest BCUT2D eigenvalue weighted by Gasteiger charge is -2.39. The van der Waals surface area contributed by atoms with E-state index in [4.69, 9.17) is 4.74 Å². The van der Waals surface area contributed by atoms with Gasteiger partial charge in [-0.05, 0) is 44.2 Å². The maximum Gasteiger partial charge on any atom is 0.317 e. The molecule has 0 saturated carbocycles. The standard InChI is InChI=1S/C17H27N3O2S/c1-12(20-9-13(2)22-14(3)10-20)8-18-17(21)19-6-4-16-15(11-19)5-7-23-16/h5,7,12-14H,4,6,8-11H2,1-3H3,(H,18,21)/t12-,13-,14-/m1/s1. The first kappa shape index (κ1) is 16.7. The molecule has 5 nitrogen and oxygen atoms in total. The second-order valence-corrected chi connectivity index (χ2v) is 7.79. The van der Waals surface area contributed by atoms with Gasteiger partial charge in [0.2, 0.25) is 0 Å². The lowest BCUT2D eigenvalue weighted by molar-refractivity contribution is -0.0778. The summed E-state index contributed by atoms with van der Waals surface area (Å²) in [6.07, 6.45) is 1.50. The van der Waals surface area contributed by atoms with Crippen LogP contribution in [0.5, 0.6) is 0 Å². The van der Waals surface area contributed by atoms with Crippen LogP contribution < -0.4 is 5.32 Å². The summed E-state index contributed by atoms with van der Waals surface area (Å²) < 4.78 is 5.78. The van der Waals surface area contributed by atoms with Crippen molar-refractivity contribution in [3.05, 3.63) is 21.9 Å². The van der Waals surface area contributed by atoms with Gasteiger partial charge in [0.05, 0.1) is 12.2 Å². The van der Waals surface area contributed by atoms with Crippen molar-refractivity contribution in [1.29, 1.82) is 0 Å². The molecule has 3 atom stereocenters. The quantitative estimate of drug-likeness (QED) is 0.921. The van der Waals surface area contributed by atoms with Crippen molar-refractivity contribution in [2.45, 2.75) is 52.0 Å². The summed E-state index contributed by atoms with van der Waals surface area (Å²) in [5, 5.41) is 5.23. The molecule has 0 radical (unpaired) electrons. The van der Waals surface area contributed by atoms with Crippen molar-refractivity contribution in [1.82, 2.24) is 15.1 Å². The third-order valence-corrected chi connectivity index (χ3v) is 5.74. The Morgan fingerprint density at radius 3 is 2.91 bits per heavy atom. The molecule has 2 aliphatic heterocycles. The first-order valence-corrected chi connectivity index (χ1v) is 9.38. The highest BCUT2D eigenvalue weighted by molar-refractivity contribution is 7.10. The number of fused-ring (bicyclic) bond motifs is 1. The Bertz CT molecular complexity index is 538. The molecular formula is C17H27N3O2S. The smallest absolute Gasteiger partial charge is 0.317 e. The summed E-state index contributed by atoms with van der Waals surface area (Å²) in [6, 6.07) is 2.52. The molecule has 1 aromatic heterocycles. The van der Waals surface area contributed by atoms with Crippen LogP contribution in [-0.2, 0) is 17.7 Å². The monoisotopic (exact) mass is 337 g/mol. The highest BCUT2D eigenvalue weighted by atomic mass is 32.1. The largest absolute Gasteiger partial charge is 0.373 e. The first-order chi connectivity index (χ1) is 11.0. The fourth-order valence-corrected chi connectivity index (χ4v) is 4.36. The molecule has 23 heavy (non-hydrogen) atoms. The van der Waals surface area contributed by atoms with Crippen molar-refractivity contribution >= 4 is 17.4 Å². The van der Waals surface area contributed by atoms with Gasteiger partial charge in [-0.3, -0.25) is 4.90 Å². The van der Waals surface area contributed by atoms with Crippen molar-refractivity contribution in [3.8, 4) is 0 Å². The lowest BCUT2D eigenvalue weighted by atomic mass is 10.1. The van der Waals surface area contributed by atoms with Crippen molar-refractivity contribution in [2.75, 3.05) is 26.2 Å². The Kier molecular flexibility index (Phi) is 5.24. The van der Waals surface area contributed by atoms with Crippen LogP contribution in [0.1, 0.15) is 31.2 Å². The number of carbonyl (C=O) groups excluding carboxylic acids is 1. The van der Waals surface area contributed by atoms with Crippen molar-refractivity contribution in [2.24, 2.45) is 0 Å². The number of ether oxygens (including phenoxy) is 1. The number of thiophene rings is 1. The number of morpholine rings is 1. The Hall–Kier alpha value is -1.11. The average molecular weight is 337 g/mol. The molecule has 0 aromatic carbocycles. The van der Waals surface area contributed by atoms with Crippen LogP contribution in [0, 0.1) is 0 Å². The van der Waals surface area contributed by atoms with E-state index in [0.29, 0.717) is 12.6 Å². The van der Waals surface area contributed by atoms with Crippen LogP contribution in [0.3, 0.4) is 0 Å². The maximum atomic E-state index is 12.4. The third-order valence-electron chi connectivity index (χ3n) is 4.71. The summed E-state index contributed by atoms with van der Waals surface area (Å²) in [5.41, 5.74) is 1.31. The summed E-state index contributed by atoms with van der Waals surface area (Å²) in [5.74, 6) is 0. The molecule has 1 fully saturated rings. The normalized spacial score (nSPS) is 26.7. The summed E-state index contributed by atoms with van der Waals surface area (Å²) >= 11 is 1.80. The number of carbonyl (C=O) groups is 1. The number of nitrogens with one attached hydrogen (secondary N) is 1. The Balaban J connectivity index is 1.47. The van der Waals surface area contributed by atoms with E-state index in [1.54, 1.807) is 11.3 Å². The minimum absolute atomic E-state index is 0.0584. The molecule has 0 bridgehead atoms. The molecule has 2 aliphatic rings. The first-order valence-electron chi connectivity index (χ1n) is 8.50. The van der Waals surface area contributed by atoms with E-state index in [2.05, 4.69) is 42.4 Å². The van der Waals surface area contributed by atoms with E-state index in [-0.39, 0.29) is 18.2 Å². The fraction of sp³-hybridized carbons (Fsp3) is 0.706. The van der Waals surface area contributed by atoms with Crippen LogP contribution in [0.15, 0.2) is 11.4 Å². The van der Waals surface area contributed by atoms with Crippen LogP contribution in [0.4, 0.5) is 4.79 Å². The molecule has 2 amide bonds. The predicted octanol–water partition coefficient (Wildman–Crippen LogP) is 2.31. The number of hydrogen-bond donors (Lipinski definition) is 1. The van der Waals surface area contributed by atoms with Gasteiger partial charge >= 0.3 is 6.03 Å². The van der Waals surface area contributed by atoms with Gasteiger partial charge in [0.25, 0.3) is 0 Å². The Labute approximate surface area is 142 Å². The molecule has 0 unspecified atom stereocenters. The summed E-state index contributed by atoms with van der Waals surface area (Å²) in [4.78, 5) is 18.2. The number of nitrogens with zero attached hydrogens (tertiary/aromatic N) is 2. The van der Waals surface area contributed by atoms with Gasteiger partial charge in [-0.2, -0.15) is 0 Å². The van der Waals surface area contributed by atoms with Crippen LogP contribution in [0.2, 0.25) is 0 Å². The van der Waals surface area contributed by atoms with Gasteiger partial charge in [-0.15, -0.1) is 11.3 Å². The fourth-order valence-electron chi connectivity index (χ4n) is 3.48. The average Bonchev–Trinajstić information content (AvgIpc) is 2.98. The number of rotatable bonds is 3. The lowest BCUT2D eigenvalue weighted by Crippen LogP contribution is -2.53. The van der Waals surface area contributed by atoms with Gasteiger partial charge in [0.1, 0.15) is 0 Å². The van der Waals surface area contributed by atoms with E-state index in [1.807, 2.05) is 4.90 Å². The van der Waals surface area contributed by atoms with Gasteiger partial charge < -0.3 is 15.0 Å². The number of hydrogen-bond acceptors (Lipinski definition) is 4. The minimum atomic E-state index is 0.0584. The van der Waals surface area contributed by atoms with E-state index in [9.17, 15) is 4.79 Å². The molecule has 6 heteroatoms. The molecular weight excluding hydrogens is 310 g/mol. The molecule has 128 valence electrons. The van der Waals surface area contributed by atoms with Crippen LogP contribution >= 0.6 is 11.3 Å². The van der Waals surface area contributed by atoms with Crippen molar-refractivity contribution < 1.29 is 9.53 Å². The van der Waals surface area contributed by atoms with E-state index < -0.39 is 0 Å². The van der Waals surface area contributed by atoms with Crippen LogP contribution in [-0.4, -0.2) is 60.3 Å². The second-order valence-electron chi connectivity index (χ2n) is 6.79. The van der Waals surface area contributed by atoms with Gasteiger partial charge in [0.15, 0.2) is 0 Å².